The summed E-state index contributed by atoms with van der Waals surface area (Å²) in [5.74, 6) is -0.182. The fraction of sp³-hybridized carbons (Fsp3) is 0.417. The number of methoxy groups -OCH3 is 1. The number of amides is 1. The minimum Gasteiger partial charge on any atom is -0.398 e. The SMILES string of the molecule is COCCOCCNC(=O)c1ccccc1N. The lowest BCUT2D eigenvalue weighted by atomic mass is 10.2. The Bertz CT molecular complexity index is 355. The maximum atomic E-state index is 11.7. The van der Waals surface area contributed by atoms with Crippen molar-refractivity contribution in [2.24, 2.45) is 0 Å². The third-order valence-electron chi connectivity index (χ3n) is 2.17. The maximum absolute atomic E-state index is 11.7. The summed E-state index contributed by atoms with van der Waals surface area (Å²) in [5.41, 5.74) is 6.65. The molecule has 1 amide bonds. The second-order valence-corrected chi connectivity index (χ2v) is 3.45. The van der Waals surface area contributed by atoms with Crippen LogP contribution in [0.15, 0.2) is 24.3 Å². The Kier molecular flexibility index (Phi) is 6.06. The van der Waals surface area contributed by atoms with Crippen LogP contribution in [-0.2, 0) is 9.47 Å². The summed E-state index contributed by atoms with van der Waals surface area (Å²) < 4.78 is 10.0. The van der Waals surface area contributed by atoms with Gasteiger partial charge >= 0.3 is 0 Å². The summed E-state index contributed by atoms with van der Waals surface area (Å²) in [4.78, 5) is 11.7. The van der Waals surface area contributed by atoms with Crippen LogP contribution in [0.1, 0.15) is 10.4 Å². The van der Waals surface area contributed by atoms with E-state index in [4.69, 9.17) is 15.2 Å². The minimum absolute atomic E-state index is 0.182. The Morgan fingerprint density at radius 1 is 1.29 bits per heavy atom. The second kappa shape index (κ2) is 7.65. The van der Waals surface area contributed by atoms with Gasteiger partial charge in [0.15, 0.2) is 0 Å². The lowest BCUT2D eigenvalue weighted by molar-refractivity contribution is 0.0693. The van der Waals surface area contributed by atoms with E-state index in [-0.39, 0.29) is 5.91 Å². The van der Waals surface area contributed by atoms with Crippen molar-refractivity contribution in [3.05, 3.63) is 29.8 Å². The molecule has 5 heteroatoms. The van der Waals surface area contributed by atoms with Crippen molar-refractivity contribution in [2.75, 3.05) is 39.2 Å². The molecule has 0 bridgehead atoms. The zero-order valence-electron chi connectivity index (χ0n) is 9.94. The molecule has 0 saturated carbocycles. The standard InChI is InChI=1S/C12H18N2O3/c1-16-8-9-17-7-6-14-12(15)10-4-2-3-5-11(10)13/h2-5H,6-9,13H2,1H3,(H,14,15). The molecule has 0 aliphatic rings. The molecule has 94 valence electrons. The highest BCUT2D eigenvalue weighted by molar-refractivity contribution is 5.98. The molecule has 3 N–H and O–H groups in total. The number of para-hydroxylation sites is 1. The van der Waals surface area contributed by atoms with Crippen molar-refractivity contribution in [2.45, 2.75) is 0 Å². The number of nitrogen functional groups attached to an aromatic ring is 1. The van der Waals surface area contributed by atoms with Gasteiger partial charge < -0.3 is 20.5 Å². The molecule has 0 atom stereocenters. The number of ether oxygens (including phenoxy) is 2. The van der Waals surface area contributed by atoms with Crippen LogP contribution in [0.3, 0.4) is 0 Å². The number of carbonyl (C=O) groups is 1. The summed E-state index contributed by atoms with van der Waals surface area (Å²) in [6, 6.07) is 6.96. The second-order valence-electron chi connectivity index (χ2n) is 3.45. The Labute approximate surface area is 101 Å². The largest absolute Gasteiger partial charge is 0.398 e. The van der Waals surface area contributed by atoms with Gasteiger partial charge in [0.25, 0.3) is 5.91 Å². The summed E-state index contributed by atoms with van der Waals surface area (Å²) in [6.45, 7) is 2.00. The van der Waals surface area contributed by atoms with Crippen LogP contribution in [-0.4, -0.2) is 39.4 Å². The summed E-state index contributed by atoms with van der Waals surface area (Å²) in [5, 5.41) is 2.73. The zero-order valence-corrected chi connectivity index (χ0v) is 9.94. The van der Waals surface area contributed by atoms with Crippen LogP contribution in [0.4, 0.5) is 5.69 Å². The number of hydrogen-bond donors (Lipinski definition) is 2. The molecule has 0 heterocycles. The van der Waals surface area contributed by atoms with Crippen molar-refractivity contribution in [1.29, 1.82) is 0 Å². The van der Waals surface area contributed by atoms with E-state index in [9.17, 15) is 4.79 Å². The van der Waals surface area contributed by atoms with Crippen LogP contribution < -0.4 is 11.1 Å². The smallest absolute Gasteiger partial charge is 0.253 e. The molecule has 0 aliphatic heterocycles. The third kappa shape index (κ3) is 4.84. The summed E-state index contributed by atoms with van der Waals surface area (Å²) in [7, 11) is 1.61. The first-order valence-corrected chi connectivity index (χ1v) is 5.45. The average molecular weight is 238 g/mol. The number of nitrogens with one attached hydrogen (secondary N) is 1. The summed E-state index contributed by atoms with van der Waals surface area (Å²) >= 11 is 0. The summed E-state index contributed by atoms with van der Waals surface area (Å²) in [6.07, 6.45) is 0. The monoisotopic (exact) mass is 238 g/mol. The van der Waals surface area contributed by atoms with E-state index in [0.717, 1.165) is 0 Å². The van der Waals surface area contributed by atoms with E-state index in [1.807, 2.05) is 0 Å². The van der Waals surface area contributed by atoms with Gasteiger partial charge in [-0.15, -0.1) is 0 Å². The van der Waals surface area contributed by atoms with E-state index in [2.05, 4.69) is 5.32 Å². The number of carbonyl (C=O) groups excluding carboxylic acids is 1. The molecule has 0 aromatic heterocycles. The van der Waals surface area contributed by atoms with Gasteiger partial charge in [-0.05, 0) is 12.1 Å². The van der Waals surface area contributed by atoms with Gasteiger partial charge in [-0.3, -0.25) is 4.79 Å². The number of nitrogens with two attached hydrogens (primary N) is 1. The minimum atomic E-state index is -0.182. The number of rotatable bonds is 7. The Morgan fingerprint density at radius 3 is 2.76 bits per heavy atom. The maximum Gasteiger partial charge on any atom is 0.253 e. The van der Waals surface area contributed by atoms with Crippen molar-refractivity contribution < 1.29 is 14.3 Å². The molecule has 0 unspecified atom stereocenters. The van der Waals surface area contributed by atoms with Gasteiger partial charge in [-0.25, -0.2) is 0 Å². The molecule has 0 radical (unpaired) electrons. The molecule has 1 aromatic rings. The highest BCUT2D eigenvalue weighted by atomic mass is 16.5. The first kappa shape index (κ1) is 13.5. The topological polar surface area (TPSA) is 73.6 Å². The van der Waals surface area contributed by atoms with Gasteiger partial charge in [0.05, 0.1) is 25.4 Å². The fourth-order valence-corrected chi connectivity index (χ4v) is 1.28. The molecule has 1 aromatic carbocycles. The normalized spacial score (nSPS) is 10.2. The van der Waals surface area contributed by atoms with Gasteiger partial charge in [0.1, 0.15) is 0 Å². The highest BCUT2D eigenvalue weighted by Gasteiger charge is 2.07. The van der Waals surface area contributed by atoms with Crippen LogP contribution in [0.2, 0.25) is 0 Å². The van der Waals surface area contributed by atoms with Crippen LogP contribution in [0.5, 0.6) is 0 Å². The van der Waals surface area contributed by atoms with Crippen LogP contribution >= 0.6 is 0 Å². The Hall–Kier alpha value is -1.59. The van der Waals surface area contributed by atoms with Gasteiger partial charge in [0.2, 0.25) is 0 Å². The fourth-order valence-electron chi connectivity index (χ4n) is 1.28. The molecular formula is C12H18N2O3. The molecule has 1 rings (SSSR count). The van der Waals surface area contributed by atoms with Gasteiger partial charge in [-0.2, -0.15) is 0 Å². The van der Waals surface area contributed by atoms with E-state index < -0.39 is 0 Å². The Balaban J connectivity index is 2.24. The highest BCUT2D eigenvalue weighted by Crippen LogP contribution is 2.09. The molecule has 0 aliphatic carbocycles. The van der Waals surface area contributed by atoms with Gasteiger partial charge in [0, 0.05) is 19.3 Å². The van der Waals surface area contributed by atoms with Crippen molar-refractivity contribution in [3.8, 4) is 0 Å². The van der Waals surface area contributed by atoms with E-state index in [1.165, 1.54) is 0 Å². The first-order chi connectivity index (χ1) is 8.25. The lowest BCUT2D eigenvalue weighted by Gasteiger charge is -2.07. The molecule has 0 spiro atoms. The van der Waals surface area contributed by atoms with E-state index in [1.54, 1.807) is 31.4 Å². The quantitative estimate of drug-likeness (QED) is 0.540. The molecule has 5 nitrogen and oxygen atoms in total. The van der Waals surface area contributed by atoms with Crippen molar-refractivity contribution >= 4 is 11.6 Å². The number of benzene rings is 1. The molecule has 17 heavy (non-hydrogen) atoms. The van der Waals surface area contributed by atoms with Crippen molar-refractivity contribution in [1.82, 2.24) is 5.32 Å². The zero-order chi connectivity index (χ0) is 12.5. The molecule has 0 fully saturated rings. The van der Waals surface area contributed by atoms with E-state index in [0.29, 0.717) is 37.6 Å². The number of anilines is 1. The molecule has 0 saturated heterocycles. The Morgan fingerprint density at radius 2 is 2.06 bits per heavy atom. The van der Waals surface area contributed by atoms with Crippen LogP contribution in [0, 0.1) is 0 Å². The van der Waals surface area contributed by atoms with Crippen molar-refractivity contribution in [3.63, 3.8) is 0 Å². The average Bonchev–Trinajstić information content (AvgIpc) is 2.34. The first-order valence-electron chi connectivity index (χ1n) is 5.45. The van der Waals surface area contributed by atoms with Crippen LogP contribution in [0.25, 0.3) is 0 Å². The number of hydrogen-bond acceptors (Lipinski definition) is 4. The predicted octanol–water partition coefficient (Wildman–Crippen LogP) is 0.662. The lowest BCUT2D eigenvalue weighted by Crippen LogP contribution is -2.28. The van der Waals surface area contributed by atoms with E-state index >= 15 is 0 Å². The van der Waals surface area contributed by atoms with Gasteiger partial charge in [-0.1, -0.05) is 12.1 Å². The molecular weight excluding hydrogens is 220 g/mol. The predicted molar refractivity (Wildman–Crippen MR) is 65.9 cm³/mol. The third-order valence-corrected chi connectivity index (χ3v) is 2.17.